The lowest BCUT2D eigenvalue weighted by Gasteiger charge is -2.17. The predicted molar refractivity (Wildman–Crippen MR) is 66.6 cm³/mol. The maximum atomic E-state index is 5.78. The second kappa shape index (κ2) is 5.75. The van der Waals surface area contributed by atoms with Crippen molar-refractivity contribution in [3.63, 3.8) is 0 Å². The molecule has 0 saturated carbocycles. The minimum Gasteiger partial charge on any atom is -0.371 e. The average molecular weight is 240 g/mol. The number of hydrogen-bond acceptors (Lipinski definition) is 4. The van der Waals surface area contributed by atoms with Crippen LogP contribution in [0.25, 0.3) is 0 Å². The van der Waals surface area contributed by atoms with E-state index in [-0.39, 0.29) is 6.10 Å². The highest BCUT2D eigenvalue weighted by molar-refractivity contribution is 7.09. The zero-order chi connectivity index (χ0) is 11.4. The molecular weight excluding hydrogens is 220 g/mol. The first-order valence-electron chi connectivity index (χ1n) is 5.99. The molecule has 16 heavy (non-hydrogen) atoms. The molecule has 1 saturated heterocycles. The zero-order valence-corrected chi connectivity index (χ0v) is 10.8. The fourth-order valence-corrected chi connectivity index (χ4v) is 2.83. The van der Waals surface area contributed by atoms with Crippen LogP contribution < -0.4 is 5.32 Å². The Labute approximate surface area is 101 Å². The van der Waals surface area contributed by atoms with Crippen molar-refractivity contribution in [3.8, 4) is 0 Å². The van der Waals surface area contributed by atoms with E-state index in [1.165, 1.54) is 0 Å². The molecule has 1 aromatic rings. The quantitative estimate of drug-likeness (QED) is 0.858. The van der Waals surface area contributed by atoms with E-state index >= 15 is 0 Å². The lowest BCUT2D eigenvalue weighted by atomic mass is 10.0. The van der Waals surface area contributed by atoms with E-state index in [2.05, 4.69) is 24.1 Å². The first-order valence-corrected chi connectivity index (χ1v) is 6.87. The van der Waals surface area contributed by atoms with Gasteiger partial charge in [0.25, 0.3) is 0 Å². The Morgan fingerprint density at radius 3 is 3.19 bits per heavy atom. The number of thiazole rings is 1. The zero-order valence-electron chi connectivity index (χ0n) is 9.98. The number of ether oxygens (including phenoxy) is 1. The fraction of sp³-hybridized carbons (Fsp3) is 0.750. The van der Waals surface area contributed by atoms with Crippen LogP contribution in [0, 0.1) is 11.8 Å². The van der Waals surface area contributed by atoms with Crippen molar-refractivity contribution in [2.75, 3.05) is 19.7 Å². The van der Waals surface area contributed by atoms with Crippen molar-refractivity contribution in [1.82, 2.24) is 10.3 Å². The molecule has 0 bridgehead atoms. The van der Waals surface area contributed by atoms with Crippen molar-refractivity contribution in [2.24, 2.45) is 11.8 Å². The largest absolute Gasteiger partial charge is 0.371 e. The van der Waals surface area contributed by atoms with E-state index < -0.39 is 0 Å². The minimum absolute atomic E-state index is 0.222. The summed E-state index contributed by atoms with van der Waals surface area (Å²) >= 11 is 1.70. The van der Waals surface area contributed by atoms with Crippen LogP contribution in [0.1, 0.15) is 31.4 Å². The molecule has 0 aliphatic carbocycles. The highest BCUT2D eigenvalue weighted by Crippen LogP contribution is 2.34. The number of hydrogen-bond donors (Lipinski definition) is 1. The predicted octanol–water partition coefficient (Wildman–Crippen LogP) is 2.47. The molecule has 1 aliphatic rings. The highest BCUT2D eigenvalue weighted by Gasteiger charge is 2.30. The van der Waals surface area contributed by atoms with E-state index in [1.54, 1.807) is 11.3 Å². The maximum absolute atomic E-state index is 5.78. The molecule has 0 amide bonds. The topological polar surface area (TPSA) is 34.1 Å². The third kappa shape index (κ3) is 3.03. The molecule has 0 spiro atoms. The normalized spacial score (nSPS) is 25.4. The first-order chi connectivity index (χ1) is 7.77. The summed E-state index contributed by atoms with van der Waals surface area (Å²) in [5.41, 5.74) is 0. The SMILES string of the molecule is CC(C)CNCC1CCOC1c1nccs1. The van der Waals surface area contributed by atoms with E-state index in [0.29, 0.717) is 11.8 Å². The minimum atomic E-state index is 0.222. The Balaban J connectivity index is 1.84. The van der Waals surface area contributed by atoms with Gasteiger partial charge in [0.15, 0.2) is 0 Å². The number of rotatable bonds is 5. The van der Waals surface area contributed by atoms with Crippen molar-refractivity contribution in [1.29, 1.82) is 0 Å². The highest BCUT2D eigenvalue weighted by atomic mass is 32.1. The van der Waals surface area contributed by atoms with Crippen LogP contribution in [0.2, 0.25) is 0 Å². The summed E-state index contributed by atoms with van der Waals surface area (Å²) in [6.07, 6.45) is 3.23. The molecule has 1 aliphatic heterocycles. The summed E-state index contributed by atoms with van der Waals surface area (Å²) in [4.78, 5) is 4.36. The standard InChI is InChI=1S/C12H20N2OS/c1-9(2)7-13-8-10-3-5-15-11(10)12-14-4-6-16-12/h4,6,9-11,13H,3,5,7-8H2,1-2H3. The molecule has 2 heterocycles. The molecule has 1 N–H and O–H groups in total. The van der Waals surface area contributed by atoms with Crippen LogP contribution in [0.3, 0.4) is 0 Å². The van der Waals surface area contributed by atoms with Gasteiger partial charge in [-0.3, -0.25) is 0 Å². The van der Waals surface area contributed by atoms with Crippen molar-refractivity contribution in [3.05, 3.63) is 16.6 Å². The smallest absolute Gasteiger partial charge is 0.122 e. The molecule has 3 nitrogen and oxygen atoms in total. The van der Waals surface area contributed by atoms with Gasteiger partial charge in [-0.15, -0.1) is 11.3 Å². The number of nitrogens with one attached hydrogen (secondary N) is 1. The van der Waals surface area contributed by atoms with Crippen LogP contribution in [0.4, 0.5) is 0 Å². The molecule has 2 unspecified atom stereocenters. The molecule has 0 aromatic carbocycles. The van der Waals surface area contributed by atoms with Gasteiger partial charge in [-0.1, -0.05) is 13.8 Å². The molecule has 4 heteroatoms. The Morgan fingerprint density at radius 2 is 2.50 bits per heavy atom. The molecular formula is C12H20N2OS. The van der Waals surface area contributed by atoms with Gasteiger partial charge < -0.3 is 10.1 Å². The van der Waals surface area contributed by atoms with Gasteiger partial charge in [-0.25, -0.2) is 4.98 Å². The van der Waals surface area contributed by atoms with Gasteiger partial charge in [0.2, 0.25) is 0 Å². The van der Waals surface area contributed by atoms with Crippen LogP contribution in [0.15, 0.2) is 11.6 Å². The Morgan fingerprint density at radius 1 is 1.62 bits per heavy atom. The van der Waals surface area contributed by atoms with E-state index in [9.17, 15) is 0 Å². The molecule has 0 radical (unpaired) electrons. The summed E-state index contributed by atoms with van der Waals surface area (Å²) in [6, 6.07) is 0. The van der Waals surface area contributed by atoms with E-state index in [4.69, 9.17) is 4.74 Å². The van der Waals surface area contributed by atoms with Gasteiger partial charge >= 0.3 is 0 Å². The monoisotopic (exact) mass is 240 g/mol. The summed E-state index contributed by atoms with van der Waals surface area (Å²) in [6.45, 7) is 7.47. The fourth-order valence-electron chi connectivity index (χ4n) is 2.05. The molecule has 2 rings (SSSR count). The summed E-state index contributed by atoms with van der Waals surface area (Å²) < 4.78 is 5.78. The lowest BCUT2D eigenvalue weighted by Crippen LogP contribution is -2.27. The third-order valence-electron chi connectivity index (χ3n) is 2.87. The molecule has 2 atom stereocenters. The second-order valence-electron chi connectivity index (χ2n) is 4.76. The van der Waals surface area contributed by atoms with E-state index in [0.717, 1.165) is 31.1 Å². The Kier molecular flexibility index (Phi) is 4.32. The van der Waals surface area contributed by atoms with Crippen LogP contribution in [-0.2, 0) is 4.74 Å². The lowest BCUT2D eigenvalue weighted by molar-refractivity contribution is 0.0901. The van der Waals surface area contributed by atoms with E-state index in [1.807, 2.05) is 11.6 Å². The molecule has 1 aromatic heterocycles. The second-order valence-corrected chi connectivity index (χ2v) is 5.69. The van der Waals surface area contributed by atoms with Crippen molar-refractivity contribution >= 4 is 11.3 Å². The maximum Gasteiger partial charge on any atom is 0.122 e. The number of nitrogens with zero attached hydrogens (tertiary/aromatic N) is 1. The van der Waals surface area contributed by atoms with Gasteiger partial charge in [-0.05, 0) is 18.9 Å². The summed E-state index contributed by atoms with van der Waals surface area (Å²) in [5, 5.41) is 6.67. The summed E-state index contributed by atoms with van der Waals surface area (Å²) in [5.74, 6) is 1.30. The van der Waals surface area contributed by atoms with Gasteiger partial charge in [0, 0.05) is 30.6 Å². The van der Waals surface area contributed by atoms with Crippen molar-refractivity contribution in [2.45, 2.75) is 26.4 Å². The van der Waals surface area contributed by atoms with Gasteiger partial charge in [0.1, 0.15) is 11.1 Å². The third-order valence-corrected chi connectivity index (χ3v) is 3.71. The Hall–Kier alpha value is -0.450. The van der Waals surface area contributed by atoms with Gasteiger partial charge in [0.05, 0.1) is 0 Å². The first kappa shape index (κ1) is 12.0. The Bertz CT molecular complexity index is 300. The average Bonchev–Trinajstić information content (AvgIpc) is 2.84. The van der Waals surface area contributed by atoms with Crippen LogP contribution in [-0.4, -0.2) is 24.7 Å². The van der Waals surface area contributed by atoms with Crippen LogP contribution in [0.5, 0.6) is 0 Å². The molecule has 90 valence electrons. The van der Waals surface area contributed by atoms with Crippen molar-refractivity contribution < 1.29 is 4.74 Å². The molecule has 1 fully saturated rings. The van der Waals surface area contributed by atoms with Crippen LogP contribution >= 0.6 is 11.3 Å². The number of aromatic nitrogens is 1. The van der Waals surface area contributed by atoms with Gasteiger partial charge in [-0.2, -0.15) is 0 Å². The summed E-state index contributed by atoms with van der Waals surface area (Å²) in [7, 11) is 0.